The highest BCUT2D eigenvalue weighted by atomic mass is 35.5. The summed E-state index contributed by atoms with van der Waals surface area (Å²) in [4.78, 5) is 21.2. The van der Waals surface area contributed by atoms with Gasteiger partial charge < -0.3 is 10.4 Å². The zero-order chi connectivity index (χ0) is 11.3. The maximum Gasteiger partial charge on any atom is 0.312 e. The van der Waals surface area contributed by atoms with E-state index in [0.717, 1.165) is 5.56 Å². The van der Waals surface area contributed by atoms with Crippen LogP contribution >= 0.6 is 11.6 Å². The van der Waals surface area contributed by atoms with E-state index in [1.807, 2.05) is 0 Å². The topological polar surface area (TPSA) is 66.4 Å². The van der Waals surface area contributed by atoms with Crippen molar-refractivity contribution < 1.29 is 14.7 Å². The van der Waals surface area contributed by atoms with E-state index in [2.05, 4.69) is 5.32 Å². The van der Waals surface area contributed by atoms with Gasteiger partial charge >= 0.3 is 5.97 Å². The Morgan fingerprint density at radius 1 is 1.40 bits per heavy atom. The zero-order valence-corrected chi connectivity index (χ0v) is 8.62. The van der Waals surface area contributed by atoms with Gasteiger partial charge in [-0.15, -0.1) is 0 Å². The summed E-state index contributed by atoms with van der Waals surface area (Å²) in [5.74, 6) is -1.65. The quantitative estimate of drug-likeness (QED) is 0.765. The Morgan fingerprint density at radius 2 is 2.13 bits per heavy atom. The molecule has 0 unspecified atom stereocenters. The highest BCUT2D eigenvalue weighted by molar-refractivity contribution is 6.30. The van der Waals surface area contributed by atoms with Crippen LogP contribution in [0.15, 0.2) is 24.3 Å². The van der Waals surface area contributed by atoms with E-state index >= 15 is 0 Å². The fourth-order valence-electron chi connectivity index (χ4n) is 1.05. The van der Waals surface area contributed by atoms with Gasteiger partial charge in [-0.05, 0) is 17.7 Å². The van der Waals surface area contributed by atoms with Crippen molar-refractivity contribution in [1.82, 2.24) is 5.32 Å². The monoisotopic (exact) mass is 227 g/mol. The van der Waals surface area contributed by atoms with Gasteiger partial charge in [0.1, 0.15) is 6.42 Å². The van der Waals surface area contributed by atoms with Crippen LogP contribution in [0.5, 0.6) is 0 Å². The molecule has 0 radical (unpaired) electrons. The predicted octanol–water partition coefficient (Wildman–Crippen LogP) is 1.43. The van der Waals surface area contributed by atoms with Crippen LogP contribution in [0.4, 0.5) is 0 Å². The van der Waals surface area contributed by atoms with Crippen LogP contribution in [0.25, 0.3) is 0 Å². The summed E-state index contributed by atoms with van der Waals surface area (Å²) in [6.07, 6.45) is -0.513. The summed E-state index contributed by atoms with van der Waals surface area (Å²) in [5.41, 5.74) is 0.834. The summed E-state index contributed by atoms with van der Waals surface area (Å²) in [7, 11) is 0. The molecule has 2 N–H and O–H groups in total. The summed E-state index contributed by atoms with van der Waals surface area (Å²) in [6.45, 7) is 0.284. The molecule has 1 amide bonds. The van der Waals surface area contributed by atoms with Crippen LogP contribution < -0.4 is 5.32 Å². The van der Waals surface area contributed by atoms with E-state index < -0.39 is 18.3 Å². The Morgan fingerprint density at radius 3 is 2.73 bits per heavy atom. The minimum atomic E-state index is -1.14. The number of carboxylic acid groups (broad SMARTS) is 1. The highest BCUT2D eigenvalue weighted by Crippen LogP contribution is 2.10. The number of halogens is 1. The lowest BCUT2D eigenvalue weighted by Crippen LogP contribution is -2.24. The lowest BCUT2D eigenvalue weighted by atomic mass is 10.2. The summed E-state index contributed by atoms with van der Waals surface area (Å²) in [6, 6.07) is 7.00. The first-order valence-electron chi connectivity index (χ1n) is 4.31. The van der Waals surface area contributed by atoms with Crippen molar-refractivity contribution in [2.45, 2.75) is 13.0 Å². The first kappa shape index (κ1) is 11.5. The fraction of sp³-hybridized carbons (Fsp3) is 0.200. The number of hydrogen-bond donors (Lipinski definition) is 2. The molecule has 0 atom stereocenters. The van der Waals surface area contributed by atoms with Gasteiger partial charge in [0.25, 0.3) is 0 Å². The lowest BCUT2D eigenvalue weighted by Gasteiger charge is -2.03. The first-order valence-corrected chi connectivity index (χ1v) is 4.68. The van der Waals surface area contributed by atoms with E-state index in [0.29, 0.717) is 5.02 Å². The second-order valence-corrected chi connectivity index (χ2v) is 3.41. The van der Waals surface area contributed by atoms with Crippen molar-refractivity contribution in [1.29, 1.82) is 0 Å². The van der Waals surface area contributed by atoms with E-state index in [1.54, 1.807) is 24.3 Å². The van der Waals surface area contributed by atoms with E-state index in [4.69, 9.17) is 16.7 Å². The second kappa shape index (κ2) is 5.36. The Kier molecular flexibility index (Phi) is 4.12. The molecule has 0 heterocycles. The molecule has 0 fully saturated rings. The minimum Gasteiger partial charge on any atom is -0.481 e. The standard InChI is InChI=1S/C10H10ClNO3/c11-8-3-1-2-7(4-8)6-12-9(13)5-10(14)15/h1-4H,5-6H2,(H,12,13)(H,14,15). The number of hydrogen-bond acceptors (Lipinski definition) is 2. The number of carboxylic acids is 1. The molecule has 0 aliphatic carbocycles. The molecule has 0 spiro atoms. The number of benzene rings is 1. The van der Waals surface area contributed by atoms with Gasteiger partial charge in [-0.2, -0.15) is 0 Å². The molecule has 1 rings (SSSR count). The third kappa shape index (κ3) is 4.46. The zero-order valence-electron chi connectivity index (χ0n) is 7.87. The predicted molar refractivity (Wildman–Crippen MR) is 55.6 cm³/mol. The van der Waals surface area contributed by atoms with Crippen molar-refractivity contribution in [2.24, 2.45) is 0 Å². The molecule has 0 saturated carbocycles. The molecule has 80 valence electrons. The average Bonchev–Trinajstić information content (AvgIpc) is 2.14. The maximum absolute atomic E-state index is 11.0. The van der Waals surface area contributed by atoms with Gasteiger partial charge in [-0.3, -0.25) is 9.59 Å². The molecule has 0 aromatic heterocycles. The van der Waals surface area contributed by atoms with E-state index in [9.17, 15) is 9.59 Å². The van der Waals surface area contributed by atoms with Gasteiger partial charge in [0, 0.05) is 11.6 Å². The summed E-state index contributed by atoms with van der Waals surface area (Å²) >= 11 is 5.74. The van der Waals surface area contributed by atoms with Crippen LogP contribution in [0.2, 0.25) is 5.02 Å². The molecular weight excluding hydrogens is 218 g/mol. The first-order chi connectivity index (χ1) is 7.08. The van der Waals surface area contributed by atoms with Crippen molar-refractivity contribution in [3.05, 3.63) is 34.9 Å². The largest absolute Gasteiger partial charge is 0.481 e. The Bertz CT molecular complexity index is 379. The van der Waals surface area contributed by atoms with Crippen molar-refractivity contribution in [3.63, 3.8) is 0 Å². The highest BCUT2D eigenvalue weighted by Gasteiger charge is 2.06. The molecule has 0 bridgehead atoms. The van der Waals surface area contributed by atoms with Crippen LogP contribution in [-0.4, -0.2) is 17.0 Å². The fourth-order valence-corrected chi connectivity index (χ4v) is 1.26. The van der Waals surface area contributed by atoms with Crippen molar-refractivity contribution >= 4 is 23.5 Å². The van der Waals surface area contributed by atoms with Gasteiger partial charge in [-0.1, -0.05) is 23.7 Å². The number of carbonyl (C=O) groups excluding carboxylic acids is 1. The number of carbonyl (C=O) groups is 2. The van der Waals surface area contributed by atoms with Crippen LogP contribution in [0.3, 0.4) is 0 Å². The molecule has 15 heavy (non-hydrogen) atoms. The maximum atomic E-state index is 11.0. The van der Waals surface area contributed by atoms with Crippen LogP contribution in [0, 0.1) is 0 Å². The third-order valence-electron chi connectivity index (χ3n) is 1.69. The van der Waals surface area contributed by atoms with E-state index in [1.165, 1.54) is 0 Å². The van der Waals surface area contributed by atoms with Gasteiger partial charge in [0.05, 0.1) is 0 Å². The second-order valence-electron chi connectivity index (χ2n) is 2.98. The SMILES string of the molecule is O=C(O)CC(=O)NCc1cccc(Cl)c1. The molecule has 4 nitrogen and oxygen atoms in total. The molecule has 1 aromatic rings. The number of aliphatic carboxylic acids is 1. The average molecular weight is 228 g/mol. The number of rotatable bonds is 4. The minimum absolute atomic E-state index is 0.284. The van der Waals surface area contributed by atoms with Crippen molar-refractivity contribution in [2.75, 3.05) is 0 Å². The van der Waals surface area contributed by atoms with Gasteiger partial charge in [0.2, 0.25) is 5.91 Å². The molecule has 0 aliphatic heterocycles. The summed E-state index contributed by atoms with van der Waals surface area (Å²) < 4.78 is 0. The molecule has 1 aromatic carbocycles. The normalized spacial score (nSPS) is 9.67. The number of nitrogens with one attached hydrogen (secondary N) is 1. The smallest absolute Gasteiger partial charge is 0.312 e. The Labute approximate surface area is 91.9 Å². The van der Waals surface area contributed by atoms with Gasteiger partial charge in [0.15, 0.2) is 0 Å². The molecule has 5 heteroatoms. The molecule has 0 saturated heterocycles. The summed E-state index contributed by atoms with van der Waals surface area (Å²) in [5, 5.41) is 11.4. The third-order valence-corrected chi connectivity index (χ3v) is 1.93. The van der Waals surface area contributed by atoms with Crippen LogP contribution in [-0.2, 0) is 16.1 Å². The van der Waals surface area contributed by atoms with Crippen molar-refractivity contribution in [3.8, 4) is 0 Å². The lowest BCUT2D eigenvalue weighted by molar-refractivity contribution is -0.140. The Balaban J connectivity index is 2.43. The molecule has 0 aliphatic rings. The molecular formula is C10H10ClNO3. The van der Waals surface area contributed by atoms with E-state index in [-0.39, 0.29) is 6.54 Å². The van der Waals surface area contributed by atoms with Gasteiger partial charge in [-0.25, -0.2) is 0 Å². The number of amides is 1. The Hall–Kier alpha value is -1.55. The van der Waals surface area contributed by atoms with Crippen LogP contribution in [0.1, 0.15) is 12.0 Å².